The molecule has 37 heavy (non-hydrogen) atoms. The number of benzene rings is 2. The number of nitrogens with zero attached hydrogens (tertiary/aromatic N) is 5. The molecule has 2 aromatic carbocycles. The van der Waals surface area contributed by atoms with E-state index in [4.69, 9.17) is 28.9 Å². The van der Waals surface area contributed by atoms with Gasteiger partial charge in [-0.2, -0.15) is 0 Å². The number of rotatable bonds is 8. The minimum Gasteiger partial charge on any atom is -0.378 e. The SMILES string of the molecule is CN1CCN(c2ccc(N(C)CCNc3ccc([N+](=O)[O-])c(N)n3)cc2-c2ccc(Cl)cc2Cl)C(=O)C1.[HH]. The lowest BCUT2D eigenvalue weighted by molar-refractivity contribution is -0.384. The number of nitrogens with one attached hydrogen (secondary N) is 1. The zero-order valence-electron chi connectivity index (χ0n) is 20.4. The summed E-state index contributed by atoms with van der Waals surface area (Å²) in [6.45, 7) is 2.81. The largest absolute Gasteiger partial charge is 0.378 e. The Bertz CT molecular complexity index is 1340. The number of anilines is 4. The lowest BCUT2D eigenvalue weighted by atomic mass is 10.0. The van der Waals surface area contributed by atoms with Crippen molar-refractivity contribution in [3.8, 4) is 11.1 Å². The summed E-state index contributed by atoms with van der Waals surface area (Å²) in [4.78, 5) is 33.1. The summed E-state index contributed by atoms with van der Waals surface area (Å²) in [7, 11) is 3.88. The van der Waals surface area contributed by atoms with Gasteiger partial charge in [-0.1, -0.05) is 29.3 Å². The Morgan fingerprint density at radius 3 is 2.62 bits per heavy atom. The fraction of sp³-hybridized carbons (Fsp3) is 0.280. The van der Waals surface area contributed by atoms with Gasteiger partial charge in [-0.3, -0.25) is 19.8 Å². The number of likely N-dealkylation sites (N-methyl/N-ethyl adjacent to an activating group) is 2. The molecule has 0 saturated carbocycles. The second-order valence-electron chi connectivity index (χ2n) is 8.82. The molecule has 12 heteroatoms. The molecule has 4 rings (SSSR count). The Balaban J connectivity index is 0.00000400. The average molecular weight is 546 g/mol. The normalized spacial score (nSPS) is 14.1. The molecule has 2 heterocycles. The third kappa shape index (κ3) is 6.04. The molecular weight excluding hydrogens is 517 g/mol. The van der Waals surface area contributed by atoms with Crippen LogP contribution >= 0.6 is 23.2 Å². The zero-order chi connectivity index (χ0) is 26.7. The van der Waals surface area contributed by atoms with Gasteiger partial charge in [0.1, 0.15) is 5.82 Å². The first-order valence-corrected chi connectivity index (χ1v) is 12.3. The summed E-state index contributed by atoms with van der Waals surface area (Å²) < 4.78 is 0. The molecular formula is C25H29Cl2N7O3. The third-order valence-electron chi connectivity index (χ3n) is 6.20. The topological polar surface area (TPSA) is 121 Å². The van der Waals surface area contributed by atoms with Crippen molar-refractivity contribution in [2.75, 3.05) is 67.7 Å². The van der Waals surface area contributed by atoms with Crippen molar-refractivity contribution in [3.63, 3.8) is 0 Å². The van der Waals surface area contributed by atoms with Crippen LogP contribution in [-0.4, -0.2) is 67.5 Å². The van der Waals surface area contributed by atoms with E-state index in [1.54, 1.807) is 17.0 Å². The second kappa shape index (κ2) is 11.2. The average Bonchev–Trinajstić information content (AvgIpc) is 2.84. The van der Waals surface area contributed by atoms with Crippen molar-refractivity contribution in [3.05, 3.63) is 68.7 Å². The van der Waals surface area contributed by atoms with E-state index in [0.717, 1.165) is 29.0 Å². The predicted octanol–water partition coefficient (Wildman–Crippen LogP) is 4.62. The number of aromatic nitrogens is 1. The van der Waals surface area contributed by atoms with Gasteiger partial charge in [-0.15, -0.1) is 0 Å². The van der Waals surface area contributed by atoms with Gasteiger partial charge < -0.3 is 20.9 Å². The molecule has 1 amide bonds. The van der Waals surface area contributed by atoms with E-state index < -0.39 is 4.92 Å². The van der Waals surface area contributed by atoms with Crippen molar-refractivity contribution in [2.24, 2.45) is 0 Å². The Morgan fingerprint density at radius 1 is 1.16 bits per heavy atom. The van der Waals surface area contributed by atoms with Gasteiger partial charge in [-0.25, -0.2) is 4.98 Å². The molecule has 1 saturated heterocycles. The molecule has 0 spiro atoms. The molecule has 196 valence electrons. The lowest BCUT2D eigenvalue weighted by Crippen LogP contribution is -2.49. The molecule has 1 fully saturated rings. The minimum absolute atomic E-state index is 0. The molecule has 0 bridgehead atoms. The van der Waals surface area contributed by atoms with E-state index in [-0.39, 0.29) is 18.8 Å². The predicted molar refractivity (Wildman–Crippen MR) is 151 cm³/mol. The number of piperazine rings is 1. The van der Waals surface area contributed by atoms with E-state index in [0.29, 0.717) is 42.0 Å². The van der Waals surface area contributed by atoms with Gasteiger partial charge in [0.15, 0.2) is 0 Å². The van der Waals surface area contributed by atoms with E-state index >= 15 is 0 Å². The highest BCUT2D eigenvalue weighted by Crippen LogP contribution is 2.39. The van der Waals surface area contributed by atoms with Crippen molar-refractivity contribution < 1.29 is 11.1 Å². The van der Waals surface area contributed by atoms with Crippen molar-refractivity contribution in [1.82, 2.24) is 9.88 Å². The zero-order valence-corrected chi connectivity index (χ0v) is 22.0. The number of amides is 1. The lowest BCUT2D eigenvalue weighted by Gasteiger charge is -2.34. The molecule has 1 aliphatic rings. The van der Waals surface area contributed by atoms with Crippen LogP contribution in [0.25, 0.3) is 11.1 Å². The summed E-state index contributed by atoms with van der Waals surface area (Å²) >= 11 is 12.7. The molecule has 3 aromatic rings. The van der Waals surface area contributed by atoms with Gasteiger partial charge in [0.05, 0.1) is 17.2 Å². The number of carbonyl (C=O) groups is 1. The number of pyridine rings is 1. The molecule has 0 radical (unpaired) electrons. The van der Waals surface area contributed by atoms with Crippen LogP contribution in [0.5, 0.6) is 0 Å². The second-order valence-corrected chi connectivity index (χ2v) is 9.66. The fourth-order valence-corrected chi connectivity index (χ4v) is 4.68. The van der Waals surface area contributed by atoms with Crippen LogP contribution in [0, 0.1) is 10.1 Å². The summed E-state index contributed by atoms with van der Waals surface area (Å²) in [5, 5.41) is 15.1. The van der Waals surface area contributed by atoms with E-state index in [1.807, 2.05) is 48.2 Å². The van der Waals surface area contributed by atoms with Gasteiger partial charge in [0, 0.05) is 67.6 Å². The molecule has 1 aliphatic heterocycles. The van der Waals surface area contributed by atoms with Crippen LogP contribution in [0.3, 0.4) is 0 Å². The monoisotopic (exact) mass is 545 g/mol. The van der Waals surface area contributed by atoms with Gasteiger partial charge in [0.2, 0.25) is 11.7 Å². The van der Waals surface area contributed by atoms with Gasteiger partial charge >= 0.3 is 5.69 Å². The highest BCUT2D eigenvalue weighted by atomic mass is 35.5. The molecule has 0 aliphatic carbocycles. The number of nitrogen functional groups attached to an aromatic ring is 1. The van der Waals surface area contributed by atoms with E-state index in [2.05, 4.69) is 10.3 Å². The Labute approximate surface area is 226 Å². The number of hydrogen-bond acceptors (Lipinski definition) is 8. The Morgan fingerprint density at radius 2 is 1.95 bits per heavy atom. The summed E-state index contributed by atoms with van der Waals surface area (Å²) in [5.41, 5.74) is 8.79. The quantitative estimate of drug-likeness (QED) is 0.310. The van der Waals surface area contributed by atoms with Crippen molar-refractivity contribution in [1.29, 1.82) is 0 Å². The van der Waals surface area contributed by atoms with E-state index in [1.165, 1.54) is 12.1 Å². The van der Waals surface area contributed by atoms with Gasteiger partial charge in [0.25, 0.3) is 0 Å². The first-order chi connectivity index (χ1) is 17.6. The maximum absolute atomic E-state index is 12.9. The van der Waals surface area contributed by atoms with Crippen molar-refractivity contribution >= 4 is 57.8 Å². The summed E-state index contributed by atoms with van der Waals surface area (Å²) in [6, 6.07) is 14.1. The van der Waals surface area contributed by atoms with Crippen LogP contribution in [0.1, 0.15) is 1.43 Å². The van der Waals surface area contributed by atoms with E-state index in [9.17, 15) is 14.9 Å². The van der Waals surface area contributed by atoms with Crippen LogP contribution in [0.4, 0.5) is 28.7 Å². The highest BCUT2D eigenvalue weighted by Gasteiger charge is 2.26. The summed E-state index contributed by atoms with van der Waals surface area (Å²) in [6.07, 6.45) is 0. The van der Waals surface area contributed by atoms with Crippen LogP contribution in [0.15, 0.2) is 48.5 Å². The highest BCUT2D eigenvalue weighted by molar-refractivity contribution is 6.36. The standard InChI is InChI=1S/C25H27Cl2N7O3.H2/c1-31-11-12-33(24(35)15-31)21-6-4-17(14-19(21)18-5-3-16(26)13-20(18)27)32(2)10-9-29-23-8-7-22(34(36)37)25(28)30-23;/h3-8,13-14H,9-12,15H2,1-2H3,(H3,28,29,30);1H. The first kappa shape index (κ1) is 26.5. The number of nitro groups is 1. The molecule has 0 atom stereocenters. The number of halogens is 2. The number of hydrogen-bond donors (Lipinski definition) is 2. The van der Waals surface area contributed by atoms with Crippen LogP contribution < -0.4 is 20.9 Å². The maximum atomic E-state index is 12.9. The number of nitrogens with two attached hydrogens (primary N) is 1. The smallest absolute Gasteiger partial charge is 0.311 e. The minimum atomic E-state index is -0.566. The summed E-state index contributed by atoms with van der Waals surface area (Å²) in [5.74, 6) is 0.344. The van der Waals surface area contributed by atoms with Crippen molar-refractivity contribution in [2.45, 2.75) is 0 Å². The third-order valence-corrected chi connectivity index (χ3v) is 6.74. The van der Waals surface area contributed by atoms with Crippen LogP contribution in [0.2, 0.25) is 10.0 Å². The Kier molecular flexibility index (Phi) is 8.01. The van der Waals surface area contributed by atoms with Crippen LogP contribution in [-0.2, 0) is 4.79 Å². The maximum Gasteiger partial charge on any atom is 0.311 e. The fourth-order valence-electron chi connectivity index (χ4n) is 4.17. The molecule has 3 N–H and O–H groups in total. The Hall–Kier alpha value is -3.60. The molecule has 1 aromatic heterocycles. The van der Waals surface area contributed by atoms with Gasteiger partial charge in [-0.05, 0) is 43.4 Å². The molecule has 0 unspecified atom stereocenters. The number of carbonyl (C=O) groups excluding carboxylic acids is 1. The molecule has 10 nitrogen and oxygen atoms in total. The first-order valence-electron chi connectivity index (χ1n) is 11.6.